The van der Waals surface area contributed by atoms with E-state index in [0.717, 1.165) is 28.2 Å². The van der Waals surface area contributed by atoms with Crippen LogP contribution in [-0.4, -0.2) is 29.6 Å². The van der Waals surface area contributed by atoms with Crippen LogP contribution >= 0.6 is 0 Å². The number of aryl methyl sites for hydroxylation is 2. The molecule has 0 aromatic heterocycles. The van der Waals surface area contributed by atoms with Crippen LogP contribution in [0.5, 0.6) is 5.75 Å². The molecule has 0 aliphatic carbocycles. The first-order chi connectivity index (χ1) is 13.6. The average Bonchev–Trinajstić information content (AvgIpc) is 2.85. The molecule has 29 heavy (non-hydrogen) atoms. The largest absolute Gasteiger partial charge is 0.573 e. The number of amides is 2. The highest BCUT2D eigenvalue weighted by Gasteiger charge is 2.38. The first-order valence-electron chi connectivity index (χ1n) is 8.91. The van der Waals surface area contributed by atoms with Crippen LogP contribution in [0.2, 0.25) is 0 Å². The number of hydrogen-bond donors (Lipinski definition) is 1. The van der Waals surface area contributed by atoms with Gasteiger partial charge in [0.2, 0.25) is 0 Å². The Balaban J connectivity index is 1.99. The number of likely N-dealkylation sites (N-methyl/N-ethyl adjacent to an activating group) is 1. The Labute approximate surface area is 165 Å². The molecule has 3 rings (SSSR count). The molecule has 0 saturated carbocycles. The smallest absolute Gasteiger partial charge is 0.406 e. The molecule has 1 aliphatic rings. The van der Waals surface area contributed by atoms with E-state index in [1.807, 2.05) is 26.0 Å². The van der Waals surface area contributed by atoms with E-state index in [1.165, 1.54) is 12.1 Å². The van der Waals surface area contributed by atoms with Gasteiger partial charge in [-0.15, -0.1) is 13.2 Å². The number of carbonyl (C=O) groups is 2. The molecule has 2 aromatic rings. The molecular weight excluding hydrogens is 385 g/mol. The van der Waals surface area contributed by atoms with E-state index in [1.54, 1.807) is 13.0 Å². The highest BCUT2D eigenvalue weighted by atomic mass is 19.4. The summed E-state index contributed by atoms with van der Waals surface area (Å²) in [4.78, 5) is 26.8. The van der Waals surface area contributed by atoms with Crippen LogP contribution in [0.1, 0.15) is 23.6 Å². The number of carbonyl (C=O) groups excluding carboxylic acids is 2. The van der Waals surface area contributed by atoms with Gasteiger partial charge in [0.15, 0.2) is 0 Å². The third-order valence-electron chi connectivity index (χ3n) is 4.49. The summed E-state index contributed by atoms with van der Waals surface area (Å²) in [6.45, 7) is 5.68. The minimum absolute atomic E-state index is 0.0910. The van der Waals surface area contributed by atoms with E-state index in [-0.39, 0.29) is 23.6 Å². The van der Waals surface area contributed by atoms with E-state index >= 15 is 0 Å². The fourth-order valence-electron chi connectivity index (χ4n) is 3.21. The molecule has 0 atom stereocenters. The van der Waals surface area contributed by atoms with Gasteiger partial charge in [0.05, 0.1) is 5.57 Å². The molecule has 2 aromatic carbocycles. The zero-order chi connectivity index (χ0) is 21.3. The topological polar surface area (TPSA) is 58.6 Å². The second-order valence-electron chi connectivity index (χ2n) is 6.62. The molecule has 0 fully saturated rings. The number of ether oxygens (including phenoxy) is 1. The predicted octanol–water partition coefficient (Wildman–Crippen LogP) is 4.41. The number of hydrogen-bond acceptors (Lipinski definition) is 4. The summed E-state index contributed by atoms with van der Waals surface area (Å²) < 4.78 is 40.8. The third kappa shape index (κ3) is 4.26. The van der Waals surface area contributed by atoms with E-state index in [9.17, 15) is 22.8 Å². The van der Waals surface area contributed by atoms with Crippen molar-refractivity contribution in [2.45, 2.75) is 27.1 Å². The zero-order valence-corrected chi connectivity index (χ0v) is 16.1. The maximum atomic E-state index is 12.9. The van der Waals surface area contributed by atoms with Crippen LogP contribution < -0.4 is 10.1 Å². The number of benzene rings is 2. The normalized spacial score (nSPS) is 14.6. The van der Waals surface area contributed by atoms with Crippen LogP contribution in [0.4, 0.5) is 18.9 Å². The van der Waals surface area contributed by atoms with Crippen molar-refractivity contribution in [1.82, 2.24) is 4.90 Å². The standard InChI is InChI=1S/C21H19F3N2O3/c1-4-26-19(27)17(16-10-5-12(2)11-13(16)3)18(20(26)28)25-14-6-8-15(9-7-14)29-21(22,23)24/h5-11,25H,4H2,1-3H3. The minimum atomic E-state index is -4.79. The molecule has 0 saturated heterocycles. The molecule has 152 valence electrons. The van der Waals surface area contributed by atoms with Gasteiger partial charge < -0.3 is 10.1 Å². The highest BCUT2D eigenvalue weighted by Crippen LogP contribution is 2.33. The molecule has 5 nitrogen and oxygen atoms in total. The van der Waals surface area contributed by atoms with Crippen LogP contribution in [-0.2, 0) is 9.59 Å². The number of alkyl halides is 3. The summed E-state index contributed by atoms with van der Waals surface area (Å²) in [5.41, 5.74) is 3.18. The van der Waals surface area contributed by atoms with Gasteiger partial charge in [-0.25, -0.2) is 0 Å². The minimum Gasteiger partial charge on any atom is -0.406 e. The Kier molecular flexibility index (Phi) is 5.37. The molecule has 1 N–H and O–H groups in total. The lowest BCUT2D eigenvalue weighted by Gasteiger charge is -2.12. The number of nitrogens with one attached hydrogen (secondary N) is 1. The zero-order valence-electron chi connectivity index (χ0n) is 16.1. The summed E-state index contributed by atoms with van der Waals surface area (Å²) in [6.07, 6.45) is -4.79. The Bertz CT molecular complexity index is 995. The van der Waals surface area contributed by atoms with E-state index < -0.39 is 18.2 Å². The Morgan fingerprint density at radius 2 is 1.66 bits per heavy atom. The van der Waals surface area contributed by atoms with Gasteiger partial charge in [0, 0.05) is 12.2 Å². The van der Waals surface area contributed by atoms with Crippen molar-refractivity contribution in [1.29, 1.82) is 0 Å². The SMILES string of the molecule is CCN1C(=O)C(Nc2ccc(OC(F)(F)F)cc2)=C(c2ccc(C)cc2C)C1=O. The van der Waals surface area contributed by atoms with Crippen molar-refractivity contribution in [3.05, 3.63) is 64.9 Å². The van der Waals surface area contributed by atoms with Crippen LogP contribution in [0, 0.1) is 13.8 Å². The Morgan fingerprint density at radius 1 is 1.00 bits per heavy atom. The molecule has 1 heterocycles. The fourth-order valence-corrected chi connectivity index (χ4v) is 3.21. The van der Waals surface area contributed by atoms with E-state index in [4.69, 9.17) is 0 Å². The first kappa shape index (κ1) is 20.4. The van der Waals surface area contributed by atoms with Gasteiger partial charge in [-0.3, -0.25) is 14.5 Å². The second-order valence-corrected chi connectivity index (χ2v) is 6.62. The maximum Gasteiger partial charge on any atom is 0.573 e. The predicted molar refractivity (Wildman–Crippen MR) is 102 cm³/mol. The second kappa shape index (κ2) is 7.62. The number of nitrogens with zero attached hydrogens (tertiary/aromatic N) is 1. The monoisotopic (exact) mass is 404 g/mol. The first-order valence-corrected chi connectivity index (χ1v) is 8.91. The van der Waals surface area contributed by atoms with Gasteiger partial charge in [-0.05, 0) is 56.2 Å². The molecule has 2 amide bonds. The summed E-state index contributed by atoms with van der Waals surface area (Å²) in [7, 11) is 0. The third-order valence-corrected chi connectivity index (χ3v) is 4.49. The van der Waals surface area contributed by atoms with Crippen molar-refractivity contribution in [3.63, 3.8) is 0 Å². The lowest BCUT2D eigenvalue weighted by molar-refractivity contribution is -0.274. The van der Waals surface area contributed by atoms with Crippen LogP contribution in [0.25, 0.3) is 5.57 Å². The van der Waals surface area contributed by atoms with Crippen molar-refractivity contribution in [2.24, 2.45) is 0 Å². The number of rotatable bonds is 5. The van der Waals surface area contributed by atoms with Crippen molar-refractivity contribution in [2.75, 3.05) is 11.9 Å². The number of imide groups is 1. The molecule has 0 unspecified atom stereocenters. The highest BCUT2D eigenvalue weighted by molar-refractivity contribution is 6.36. The fraction of sp³-hybridized carbons (Fsp3) is 0.238. The van der Waals surface area contributed by atoms with Gasteiger partial charge in [-0.1, -0.05) is 23.8 Å². The van der Waals surface area contributed by atoms with Crippen LogP contribution in [0.15, 0.2) is 48.2 Å². The van der Waals surface area contributed by atoms with E-state index in [0.29, 0.717) is 11.3 Å². The molecule has 0 bridgehead atoms. The molecule has 8 heteroatoms. The van der Waals surface area contributed by atoms with Gasteiger partial charge >= 0.3 is 6.36 Å². The van der Waals surface area contributed by atoms with E-state index in [2.05, 4.69) is 10.1 Å². The quantitative estimate of drug-likeness (QED) is 0.750. The average molecular weight is 404 g/mol. The molecule has 1 aliphatic heterocycles. The van der Waals surface area contributed by atoms with Crippen molar-refractivity contribution >= 4 is 23.1 Å². The number of halogens is 3. The van der Waals surface area contributed by atoms with Gasteiger partial charge in [0.1, 0.15) is 11.4 Å². The lowest BCUT2D eigenvalue weighted by Crippen LogP contribution is -2.32. The summed E-state index contributed by atoms with van der Waals surface area (Å²) in [5, 5.41) is 2.90. The van der Waals surface area contributed by atoms with Gasteiger partial charge in [0.25, 0.3) is 11.8 Å². The summed E-state index contributed by atoms with van der Waals surface area (Å²) in [6, 6.07) is 10.5. The molecular formula is C21H19F3N2O3. The molecule has 0 radical (unpaired) electrons. The maximum absolute atomic E-state index is 12.9. The van der Waals surface area contributed by atoms with Crippen molar-refractivity contribution < 1.29 is 27.5 Å². The lowest BCUT2D eigenvalue weighted by atomic mass is 9.97. The number of anilines is 1. The Hall–Kier alpha value is -3.29. The summed E-state index contributed by atoms with van der Waals surface area (Å²) in [5.74, 6) is -1.28. The Morgan fingerprint density at radius 3 is 2.21 bits per heavy atom. The molecule has 0 spiro atoms. The van der Waals surface area contributed by atoms with Crippen molar-refractivity contribution in [3.8, 4) is 5.75 Å². The summed E-state index contributed by atoms with van der Waals surface area (Å²) >= 11 is 0. The van der Waals surface area contributed by atoms with Gasteiger partial charge in [-0.2, -0.15) is 0 Å². The van der Waals surface area contributed by atoms with Crippen LogP contribution in [0.3, 0.4) is 0 Å².